The predicted molar refractivity (Wildman–Crippen MR) is 118 cm³/mol. The molecule has 5 heteroatoms. The molecule has 0 aliphatic carbocycles. The van der Waals surface area contributed by atoms with Crippen molar-refractivity contribution in [1.82, 2.24) is 0 Å². The Kier molecular flexibility index (Phi) is 6.32. The number of benzene rings is 2. The smallest absolute Gasteiger partial charge is 0.136 e. The average Bonchev–Trinajstić information content (AvgIpc) is 2.66. The lowest BCUT2D eigenvalue weighted by Crippen LogP contribution is -2.33. The van der Waals surface area contributed by atoms with Crippen LogP contribution in [0.4, 0.5) is 17.1 Å². The molecule has 4 nitrogen and oxygen atoms in total. The maximum atomic E-state index is 11.4. The van der Waals surface area contributed by atoms with Gasteiger partial charge in [-0.15, -0.1) is 0 Å². The first-order valence-electron chi connectivity index (χ1n) is 9.53. The number of carbonyl (C=O) groups excluding carboxylic acids is 1. The highest BCUT2D eigenvalue weighted by Crippen LogP contribution is 2.25. The molecule has 0 amide bonds. The van der Waals surface area contributed by atoms with Crippen molar-refractivity contribution in [2.24, 2.45) is 0 Å². The van der Waals surface area contributed by atoms with Crippen molar-refractivity contribution >= 4 is 34.8 Å². The number of Topliss-reactive ketones (excluding diaryl/α,β-unsaturated/α-hetero) is 1. The molecule has 1 fully saturated rings. The summed E-state index contributed by atoms with van der Waals surface area (Å²) >= 11 is 1.73. The number of hydrogen-bond donors (Lipinski definition) is 2. The Morgan fingerprint density at radius 1 is 0.926 bits per heavy atom. The van der Waals surface area contributed by atoms with Crippen LogP contribution in [0.2, 0.25) is 0 Å². The normalized spacial score (nSPS) is 14.9. The van der Waals surface area contributed by atoms with Gasteiger partial charge in [0.2, 0.25) is 0 Å². The molecule has 1 heterocycles. The van der Waals surface area contributed by atoms with E-state index in [1.54, 1.807) is 11.9 Å². The van der Waals surface area contributed by atoms with Gasteiger partial charge in [-0.2, -0.15) is 0 Å². The van der Waals surface area contributed by atoms with E-state index in [0.29, 0.717) is 18.6 Å². The van der Waals surface area contributed by atoms with Crippen molar-refractivity contribution in [1.29, 1.82) is 0 Å². The largest absolute Gasteiger partial charge is 0.381 e. The number of nitrogens with one attached hydrogen (secondary N) is 2. The molecule has 0 spiro atoms. The standard InChI is InChI=1S/C22H29N3OS/c1-22(2,3)27-24-19-6-4-17(5-7-19)16-23-18-8-10-20(11-9-18)25-14-12-21(26)13-15-25/h4-11,23-24H,12-16H2,1-3H3. The van der Waals surface area contributed by atoms with Crippen molar-refractivity contribution in [3.05, 3.63) is 54.1 Å². The summed E-state index contributed by atoms with van der Waals surface area (Å²) in [5.41, 5.74) is 4.68. The fourth-order valence-corrected chi connectivity index (χ4v) is 3.47. The van der Waals surface area contributed by atoms with E-state index >= 15 is 0 Å². The highest BCUT2D eigenvalue weighted by atomic mass is 32.2. The Balaban J connectivity index is 1.49. The van der Waals surface area contributed by atoms with E-state index in [-0.39, 0.29) is 4.75 Å². The van der Waals surface area contributed by atoms with E-state index in [9.17, 15) is 4.79 Å². The van der Waals surface area contributed by atoms with Crippen molar-refractivity contribution in [3.8, 4) is 0 Å². The first kappa shape index (κ1) is 19.6. The average molecular weight is 384 g/mol. The second-order valence-electron chi connectivity index (χ2n) is 7.94. The molecule has 0 radical (unpaired) electrons. The Morgan fingerprint density at radius 2 is 1.52 bits per heavy atom. The molecule has 2 N–H and O–H groups in total. The first-order chi connectivity index (χ1) is 12.9. The van der Waals surface area contributed by atoms with Gasteiger partial charge >= 0.3 is 0 Å². The van der Waals surface area contributed by atoms with Crippen LogP contribution in [0.15, 0.2) is 48.5 Å². The third-order valence-electron chi connectivity index (χ3n) is 4.48. The molecule has 2 aromatic carbocycles. The predicted octanol–water partition coefficient (Wildman–Crippen LogP) is 5.33. The lowest BCUT2D eigenvalue weighted by molar-refractivity contribution is -0.119. The molecule has 1 saturated heterocycles. The molecule has 2 aromatic rings. The summed E-state index contributed by atoms with van der Waals surface area (Å²) in [7, 11) is 0. The van der Waals surface area contributed by atoms with Crippen LogP contribution in [0, 0.1) is 0 Å². The highest BCUT2D eigenvalue weighted by molar-refractivity contribution is 8.01. The number of piperidine rings is 1. The van der Waals surface area contributed by atoms with Gasteiger partial charge in [0.25, 0.3) is 0 Å². The molecule has 0 bridgehead atoms. The zero-order valence-electron chi connectivity index (χ0n) is 16.4. The summed E-state index contributed by atoms with van der Waals surface area (Å²) in [6.45, 7) is 9.04. The van der Waals surface area contributed by atoms with Gasteiger partial charge in [-0.1, -0.05) is 12.1 Å². The Bertz CT molecular complexity index is 741. The minimum atomic E-state index is 0.191. The van der Waals surface area contributed by atoms with Crippen LogP contribution in [0.3, 0.4) is 0 Å². The van der Waals surface area contributed by atoms with Gasteiger partial charge in [0.15, 0.2) is 0 Å². The number of rotatable bonds is 6. The minimum Gasteiger partial charge on any atom is -0.381 e. The summed E-state index contributed by atoms with van der Waals surface area (Å²) in [5.74, 6) is 0.378. The quantitative estimate of drug-likeness (QED) is 0.660. The van der Waals surface area contributed by atoms with Crippen LogP contribution >= 0.6 is 11.9 Å². The lowest BCUT2D eigenvalue weighted by atomic mass is 10.1. The number of carbonyl (C=O) groups is 1. The van der Waals surface area contributed by atoms with Crippen molar-refractivity contribution < 1.29 is 4.79 Å². The topological polar surface area (TPSA) is 44.4 Å². The molecule has 1 aliphatic heterocycles. The van der Waals surface area contributed by atoms with Crippen LogP contribution < -0.4 is 14.9 Å². The van der Waals surface area contributed by atoms with Gasteiger partial charge in [-0.05, 0) is 74.7 Å². The van der Waals surface area contributed by atoms with E-state index in [1.807, 2.05) is 0 Å². The van der Waals surface area contributed by atoms with Gasteiger partial charge in [-0.3, -0.25) is 4.79 Å². The van der Waals surface area contributed by atoms with Crippen LogP contribution in [0.1, 0.15) is 39.2 Å². The zero-order chi connectivity index (χ0) is 19.3. The maximum Gasteiger partial charge on any atom is 0.136 e. The molecular formula is C22H29N3OS. The van der Waals surface area contributed by atoms with Gasteiger partial charge in [0.05, 0.1) is 0 Å². The van der Waals surface area contributed by atoms with E-state index in [1.165, 1.54) is 11.3 Å². The summed E-state index contributed by atoms with van der Waals surface area (Å²) in [5, 5.41) is 3.48. The van der Waals surface area contributed by atoms with Crippen LogP contribution in [0.25, 0.3) is 0 Å². The third kappa shape index (κ3) is 6.21. The molecular weight excluding hydrogens is 354 g/mol. The van der Waals surface area contributed by atoms with Gasteiger partial charge < -0.3 is 14.9 Å². The molecule has 0 unspecified atom stereocenters. The summed E-state index contributed by atoms with van der Waals surface area (Å²) in [6.07, 6.45) is 1.33. The molecule has 3 rings (SSSR count). The van der Waals surface area contributed by atoms with E-state index in [4.69, 9.17) is 0 Å². The van der Waals surface area contributed by atoms with Crippen LogP contribution in [-0.2, 0) is 11.3 Å². The van der Waals surface area contributed by atoms with Crippen LogP contribution in [-0.4, -0.2) is 23.6 Å². The Labute approximate surface area is 166 Å². The molecule has 0 saturated carbocycles. The Hall–Kier alpha value is -2.14. The number of nitrogens with zero attached hydrogens (tertiary/aromatic N) is 1. The first-order valence-corrected chi connectivity index (χ1v) is 10.3. The summed E-state index contributed by atoms with van der Waals surface area (Å²) in [4.78, 5) is 13.7. The van der Waals surface area contributed by atoms with Gasteiger partial charge in [0, 0.05) is 54.3 Å². The fraction of sp³-hybridized carbons (Fsp3) is 0.409. The SMILES string of the molecule is CC(C)(C)SNc1ccc(CNc2ccc(N3CCC(=O)CC3)cc2)cc1. The highest BCUT2D eigenvalue weighted by Gasteiger charge is 2.16. The Morgan fingerprint density at radius 3 is 2.11 bits per heavy atom. The van der Waals surface area contributed by atoms with E-state index < -0.39 is 0 Å². The molecule has 0 atom stereocenters. The number of ketones is 1. The monoisotopic (exact) mass is 383 g/mol. The fourth-order valence-electron chi connectivity index (χ4n) is 2.91. The second-order valence-corrected chi connectivity index (χ2v) is 9.57. The zero-order valence-corrected chi connectivity index (χ0v) is 17.2. The maximum absolute atomic E-state index is 11.4. The van der Waals surface area contributed by atoms with Crippen LogP contribution in [0.5, 0.6) is 0 Å². The third-order valence-corrected chi connectivity index (χ3v) is 5.43. The van der Waals surface area contributed by atoms with Crippen molar-refractivity contribution in [2.75, 3.05) is 28.0 Å². The molecule has 0 aromatic heterocycles. The molecule has 27 heavy (non-hydrogen) atoms. The minimum absolute atomic E-state index is 0.191. The van der Waals surface area contributed by atoms with Crippen molar-refractivity contribution in [2.45, 2.75) is 44.9 Å². The van der Waals surface area contributed by atoms with E-state index in [2.05, 4.69) is 84.2 Å². The number of hydrogen-bond acceptors (Lipinski definition) is 5. The molecule has 1 aliphatic rings. The second kappa shape index (κ2) is 8.70. The van der Waals surface area contributed by atoms with Gasteiger partial charge in [-0.25, -0.2) is 0 Å². The summed E-state index contributed by atoms with van der Waals surface area (Å²) < 4.78 is 3.59. The van der Waals surface area contributed by atoms with Crippen molar-refractivity contribution in [3.63, 3.8) is 0 Å². The van der Waals surface area contributed by atoms with E-state index in [0.717, 1.165) is 31.0 Å². The lowest BCUT2D eigenvalue weighted by Gasteiger charge is -2.28. The van der Waals surface area contributed by atoms with Gasteiger partial charge in [0.1, 0.15) is 5.78 Å². The molecule has 144 valence electrons. The number of anilines is 3. The summed E-state index contributed by atoms with van der Waals surface area (Å²) in [6, 6.07) is 17.0.